The molecule has 4 rings (SSSR count). The second kappa shape index (κ2) is 9.65. The number of nitrogens with zero attached hydrogens (tertiary/aromatic N) is 1. The highest BCUT2D eigenvalue weighted by molar-refractivity contribution is 6.30. The average molecular weight is 447 g/mol. The molecule has 2 heterocycles. The molecule has 5 nitrogen and oxygen atoms in total. The van der Waals surface area contributed by atoms with Gasteiger partial charge in [0.2, 0.25) is 5.91 Å². The maximum Gasteiger partial charge on any atom is 0.224 e. The topological polar surface area (TPSA) is 61.8 Å². The predicted molar refractivity (Wildman–Crippen MR) is 117 cm³/mol. The van der Waals surface area contributed by atoms with Gasteiger partial charge in [-0.15, -0.1) is 0 Å². The highest BCUT2D eigenvalue weighted by atomic mass is 35.5. The van der Waals surface area contributed by atoms with E-state index < -0.39 is 17.5 Å². The van der Waals surface area contributed by atoms with Crippen LogP contribution >= 0.6 is 11.6 Å². The lowest BCUT2D eigenvalue weighted by molar-refractivity contribution is -0.134. The van der Waals surface area contributed by atoms with Crippen LogP contribution in [0.4, 0.5) is 4.39 Å². The number of rotatable bonds is 5. The first-order valence-corrected chi connectivity index (χ1v) is 11.2. The minimum atomic E-state index is -0.849. The molecule has 7 heteroatoms. The van der Waals surface area contributed by atoms with Crippen molar-refractivity contribution in [3.8, 4) is 0 Å². The Bertz CT molecular complexity index is 907. The van der Waals surface area contributed by atoms with Crippen LogP contribution in [-0.2, 0) is 21.6 Å². The van der Waals surface area contributed by atoms with Crippen molar-refractivity contribution in [1.82, 2.24) is 10.2 Å². The molecule has 2 aliphatic rings. The van der Waals surface area contributed by atoms with Gasteiger partial charge >= 0.3 is 0 Å². The number of benzene rings is 2. The molecule has 1 amide bonds. The number of likely N-dealkylation sites (tertiary alicyclic amines) is 1. The van der Waals surface area contributed by atoms with Crippen molar-refractivity contribution in [1.29, 1.82) is 0 Å². The predicted octanol–water partition coefficient (Wildman–Crippen LogP) is 3.48. The fourth-order valence-electron chi connectivity index (χ4n) is 4.60. The molecule has 0 bridgehead atoms. The molecular weight excluding hydrogens is 419 g/mol. The third-order valence-electron chi connectivity index (χ3n) is 6.44. The van der Waals surface area contributed by atoms with Crippen molar-refractivity contribution in [3.05, 3.63) is 70.5 Å². The summed E-state index contributed by atoms with van der Waals surface area (Å²) in [6.45, 7) is 2.70. The number of ether oxygens (including phenoxy) is 1. The number of halogens is 2. The molecule has 166 valence electrons. The number of hydrogen-bond donors (Lipinski definition) is 2. The number of β-amino-alcohol motifs (C(OH)–C–C–N with tert-alkyl or cyclic N) is 1. The van der Waals surface area contributed by atoms with Crippen LogP contribution in [0.15, 0.2) is 48.5 Å². The van der Waals surface area contributed by atoms with Gasteiger partial charge in [0.05, 0.1) is 16.7 Å². The summed E-state index contributed by atoms with van der Waals surface area (Å²) in [5.41, 5.74) is 0.853. The lowest BCUT2D eigenvalue weighted by Gasteiger charge is -2.47. The molecule has 2 aromatic rings. The molecule has 2 N–H and O–H groups in total. The molecule has 0 radical (unpaired) electrons. The summed E-state index contributed by atoms with van der Waals surface area (Å²) in [5, 5.41) is 14.6. The number of carbonyl (C=O) groups excluding carboxylic acids is 1. The number of aliphatic hydroxyl groups is 1. The van der Waals surface area contributed by atoms with Gasteiger partial charge in [-0.25, -0.2) is 4.39 Å². The maximum absolute atomic E-state index is 13.8. The molecule has 2 aliphatic heterocycles. The highest BCUT2D eigenvalue weighted by Crippen LogP contribution is 2.35. The van der Waals surface area contributed by atoms with Gasteiger partial charge in [0.15, 0.2) is 0 Å². The van der Waals surface area contributed by atoms with E-state index in [-0.39, 0.29) is 16.8 Å². The third kappa shape index (κ3) is 4.93. The van der Waals surface area contributed by atoms with E-state index in [1.807, 2.05) is 30.3 Å². The maximum atomic E-state index is 13.8. The van der Waals surface area contributed by atoms with Crippen molar-refractivity contribution in [3.63, 3.8) is 0 Å². The summed E-state index contributed by atoms with van der Waals surface area (Å²) in [7, 11) is 0. The van der Waals surface area contributed by atoms with Crippen LogP contribution in [-0.4, -0.2) is 48.3 Å². The highest BCUT2D eigenvalue weighted by Gasteiger charge is 2.45. The summed E-state index contributed by atoms with van der Waals surface area (Å²) in [5.74, 6) is -0.574. The smallest absolute Gasteiger partial charge is 0.224 e. The normalized spacial score (nSPS) is 25.3. The summed E-state index contributed by atoms with van der Waals surface area (Å²) >= 11 is 5.79. The summed E-state index contributed by atoms with van der Waals surface area (Å²) in [4.78, 5) is 15.2. The third-order valence-corrected chi connectivity index (χ3v) is 6.75. The van der Waals surface area contributed by atoms with Crippen molar-refractivity contribution < 1.29 is 19.0 Å². The van der Waals surface area contributed by atoms with Gasteiger partial charge in [0.1, 0.15) is 5.82 Å². The number of hydrogen-bond acceptors (Lipinski definition) is 4. The Morgan fingerprint density at radius 1 is 1.23 bits per heavy atom. The largest absolute Gasteiger partial charge is 0.389 e. The second-order valence-electron chi connectivity index (χ2n) is 8.46. The van der Waals surface area contributed by atoms with Gasteiger partial charge in [-0.3, -0.25) is 9.69 Å². The molecule has 0 spiro atoms. The Morgan fingerprint density at radius 2 is 1.97 bits per heavy atom. The van der Waals surface area contributed by atoms with Crippen LogP contribution in [0.3, 0.4) is 0 Å². The summed E-state index contributed by atoms with van der Waals surface area (Å²) < 4.78 is 19.2. The van der Waals surface area contributed by atoms with Crippen LogP contribution in [0.1, 0.15) is 30.4 Å². The zero-order chi connectivity index (χ0) is 21.8. The average Bonchev–Trinajstić information content (AvgIpc) is 2.79. The zero-order valence-electron chi connectivity index (χ0n) is 17.4. The van der Waals surface area contributed by atoms with Crippen LogP contribution in [0.25, 0.3) is 0 Å². The lowest BCUT2D eigenvalue weighted by atomic mass is 9.77. The number of nitrogens with one attached hydrogen (secondary N) is 1. The molecule has 2 saturated heterocycles. The van der Waals surface area contributed by atoms with Gasteiger partial charge in [-0.1, -0.05) is 48.0 Å². The van der Waals surface area contributed by atoms with E-state index in [0.29, 0.717) is 52.1 Å². The fraction of sp³-hybridized carbons (Fsp3) is 0.458. The Morgan fingerprint density at radius 3 is 2.65 bits per heavy atom. The van der Waals surface area contributed by atoms with Crippen LogP contribution in [0.5, 0.6) is 0 Å². The van der Waals surface area contributed by atoms with Gasteiger partial charge in [-0.05, 0) is 42.5 Å². The minimum Gasteiger partial charge on any atom is -0.389 e. The Kier molecular flexibility index (Phi) is 6.92. The number of carbonyl (C=O) groups is 1. The standard InChI is InChI=1S/C24H28ClFN2O3/c25-20-7-6-17(14-21(20)26)15-28-11-10-24(22(29)16-28,19-4-2-1-3-5-19)27-23(30)18-8-12-31-13-9-18/h1-7,14,18,22,29H,8-13,15-16H2,(H,27,30)/t22-,24-/m1/s1. The van der Waals surface area contributed by atoms with Crippen molar-refractivity contribution in [2.75, 3.05) is 26.3 Å². The molecule has 0 aliphatic carbocycles. The van der Waals surface area contributed by atoms with Crippen LogP contribution in [0.2, 0.25) is 5.02 Å². The molecule has 2 fully saturated rings. The van der Waals surface area contributed by atoms with Crippen molar-refractivity contribution in [2.24, 2.45) is 5.92 Å². The molecule has 0 saturated carbocycles. The molecule has 2 atom stereocenters. The molecule has 0 aromatic heterocycles. The quantitative estimate of drug-likeness (QED) is 0.738. The zero-order valence-corrected chi connectivity index (χ0v) is 18.2. The number of aliphatic hydroxyl groups excluding tert-OH is 1. The van der Waals surface area contributed by atoms with Gasteiger partial charge in [0.25, 0.3) is 0 Å². The molecule has 2 aromatic carbocycles. The SMILES string of the molecule is O=C(N[C@@]1(c2ccccc2)CCN(Cc2ccc(Cl)c(F)c2)C[C@H]1O)C1CCOCC1. The number of amides is 1. The first-order valence-electron chi connectivity index (χ1n) is 10.8. The Labute approximate surface area is 187 Å². The molecule has 0 unspecified atom stereocenters. The minimum absolute atomic E-state index is 0.0283. The van der Waals surface area contributed by atoms with E-state index in [9.17, 15) is 14.3 Å². The van der Waals surface area contributed by atoms with E-state index in [2.05, 4.69) is 10.2 Å². The Balaban J connectivity index is 1.52. The number of piperidine rings is 1. The van der Waals surface area contributed by atoms with Crippen molar-refractivity contribution >= 4 is 17.5 Å². The van der Waals surface area contributed by atoms with E-state index >= 15 is 0 Å². The van der Waals surface area contributed by atoms with E-state index in [1.54, 1.807) is 12.1 Å². The van der Waals surface area contributed by atoms with Crippen LogP contribution < -0.4 is 5.32 Å². The Hall–Kier alpha value is -1.99. The first kappa shape index (κ1) is 22.2. The van der Waals surface area contributed by atoms with E-state index in [4.69, 9.17) is 16.3 Å². The van der Waals surface area contributed by atoms with Gasteiger partial charge in [0, 0.05) is 38.8 Å². The molecule has 31 heavy (non-hydrogen) atoms. The fourth-order valence-corrected chi connectivity index (χ4v) is 4.72. The second-order valence-corrected chi connectivity index (χ2v) is 8.87. The van der Waals surface area contributed by atoms with Gasteiger partial charge < -0.3 is 15.2 Å². The van der Waals surface area contributed by atoms with E-state index in [1.165, 1.54) is 6.07 Å². The van der Waals surface area contributed by atoms with Crippen molar-refractivity contribution in [2.45, 2.75) is 37.5 Å². The van der Waals surface area contributed by atoms with Gasteiger partial charge in [-0.2, -0.15) is 0 Å². The van der Waals surface area contributed by atoms with E-state index in [0.717, 1.165) is 11.1 Å². The first-order chi connectivity index (χ1) is 15.0. The summed E-state index contributed by atoms with van der Waals surface area (Å²) in [6.07, 6.45) is 1.15. The lowest BCUT2D eigenvalue weighted by Crippen LogP contribution is -2.62. The van der Waals surface area contributed by atoms with Crippen LogP contribution in [0, 0.1) is 11.7 Å². The summed E-state index contributed by atoms with van der Waals surface area (Å²) in [6, 6.07) is 14.5. The molecular formula is C24H28ClFN2O3. The monoisotopic (exact) mass is 446 g/mol.